The van der Waals surface area contributed by atoms with Gasteiger partial charge in [0, 0.05) is 30.1 Å². The Morgan fingerprint density at radius 2 is 1.84 bits per heavy atom. The molecule has 1 aromatic carbocycles. The first-order chi connectivity index (χ1) is 9.16. The minimum Gasteiger partial charge on any atom is -0.370 e. The third-order valence-corrected chi connectivity index (χ3v) is 3.56. The summed E-state index contributed by atoms with van der Waals surface area (Å²) in [6.45, 7) is 1.47. The lowest BCUT2D eigenvalue weighted by atomic mass is 10.1. The summed E-state index contributed by atoms with van der Waals surface area (Å²) in [6.07, 6.45) is 2.83. The van der Waals surface area contributed by atoms with Gasteiger partial charge in [0.15, 0.2) is 0 Å². The summed E-state index contributed by atoms with van der Waals surface area (Å²) in [4.78, 5) is 24.1. The maximum atomic E-state index is 11.7. The average molecular weight is 282 g/mol. The molecule has 0 bridgehead atoms. The van der Waals surface area contributed by atoms with E-state index in [2.05, 4.69) is 0 Å². The van der Waals surface area contributed by atoms with E-state index in [4.69, 9.17) is 4.18 Å². The van der Waals surface area contributed by atoms with Crippen LogP contribution in [0.25, 0.3) is 0 Å². The standard InChI is InChI=1S/C12H14N2O4S/c15-12(13-8-2-1-3-9-13)18-19-11-6-4-10(5-7-11)14(16)17/h4-7H,1-3,8-9H2. The summed E-state index contributed by atoms with van der Waals surface area (Å²) in [5.74, 6) is 0. The largest absolute Gasteiger partial charge is 0.422 e. The third-order valence-electron chi connectivity index (χ3n) is 2.87. The first kappa shape index (κ1) is 13.7. The fraction of sp³-hybridized carbons (Fsp3) is 0.417. The number of carbonyl (C=O) groups excluding carboxylic acids is 1. The second-order valence-electron chi connectivity index (χ2n) is 4.23. The van der Waals surface area contributed by atoms with Crippen LogP contribution in [0.4, 0.5) is 10.5 Å². The molecule has 1 amide bonds. The van der Waals surface area contributed by atoms with Gasteiger partial charge in [0.2, 0.25) is 0 Å². The van der Waals surface area contributed by atoms with Crippen molar-refractivity contribution in [3.63, 3.8) is 0 Å². The molecule has 1 aliphatic rings. The van der Waals surface area contributed by atoms with Gasteiger partial charge < -0.3 is 9.08 Å². The van der Waals surface area contributed by atoms with Gasteiger partial charge in [-0.15, -0.1) is 0 Å². The Morgan fingerprint density at radius 3 is 2.42 bits per heavy atom. The van der Waals surface area contributed by atoms with Crippen molar-refractivity contribution < 1.29 is 13.9 Å². The van der Waals surface area contributed by atoms with Gasteiger partial charge in [0.1, 0.15) is 0 Å². The molecule has 1 aromatic rings. The van der Waals surface area contributed by atoms with Gasteiger partial charge in [-0.3, -0.25) is 10.1 Å². The molecule has 0 spiro atoms. The average Bonchev–Trinajstić information content (AvgIpc) is 2.46. The smallest absolute Gasteiger partial charge is 0.370 e. The lowest BCUT2D eigenvalue weighted by Gasteiger charge is -2.25. The van der Waals surface area contributed by atoms with Crippen LogP contribution in [0.15, 0.2) is 29.2 Å². The monoisotopic (exact) mass is 282 g/mol. The maximum absolute atomic E-state index is 11.7. The highest BCUT2D eigenvalue weighted by Gasteiger charge is 2.18. The minimum atomic E-state index is -0.464. The molecule has 1 saturated heterocycles. The number of nitrogens with zero attached hydrogens (tertiary/aromatic N) is 2. The van der Waals surface area contributed by atoms with Crippen LogP contribution in [0.2, 0.25) is 0 Å². The van der Waals surface area contributed by atoms with Crippen LogP contribution in [0.3, 0.4) is 0 Å². The van der Waals surface area contributed by atoms with Crippen molar-refractivity contribution in [1.82, 2.24) is 4.90 Å². The van der Waals surface area contributed by atoms with E-state index in [1.54, 1.807) is 17.0 Å². The van der Waals surface area contributed by atoms with Crippen LogP contribution >= 0.6 is 12.0 Å². The van der Waals surface area contributed by atoms with Gasteiger partial charge >= 0.3 is 6.09 Å². The zero-order valence-electron chi connectivity index (χ0n) is 10.3. The number of likely N-dealkylation sites (tertiary alicyclic amines) is 1. The molecule has 0 N–H and O–H groups in total. The summed E-state index contributed by atoms with van der Waals surface area (Å²) >= 11 is 0.929. The normalized spacial score (nSPS) is 15.1. The Balaban J connectivity index is 1.84. The van der Waals surface area contributed by atoms with E-state index >= 15 is 0 Å². The fourth-order valence-electron chi connectivity index (χ4n) is 1.84. The lowest BCUT2D eigenvalue weighted by Crippen LogP contribution is -2.34. The Hall–Kier alpha value is -1.76. The molecular weight excluding hydrogens is 268 g/mol. The van der Waals surface area contributed by atoms with Crippen LogP contribution in [0, 0.1) is 10.1 Å². The topological polar surface area (TPSA) is 72.7 Å². The first-order valence-corrected chi connectivity index (χ1v) is 6.79. The molecule has 2 rings (SSSR count). The van der Waals surface area contributed by atoms with Crippen LogP contribution in [-0.2, 0) is 4.18 Å². The summed E-state index contributed by atoms with van der Waals surface area (Å²) in [5, 5.41) is 10.5. The van der Waals surface area contributed by atoms with Crippen LogP contribution in [0.1, 0.15) is 19.3 Å². The van der Waals surface area contributed by atoms with Crippen molar-refractivity contribution in [3.8, 4) is 0 Å². The highest BCUT2D eigenvalue weighted by Crippen LogP contribution is 2.23. The van der Waals surface area contributed by atoms with Crippen molar-refractivity contribution in [1.29, 1.82) is 0 Å². The molecule has 7 heteroatoms. The van der Waals surface area contributed by atoms with Crippen LogP contribution in [-0.4, -0.2) is 29.0 Å². The number of carbonyl (C=O) groups is 1. The Bertz CT molecular complexity index is 457. The molecule has 0 aromatic heterocycles. The summed E-state index contributed by atoms with van der Waals surface area (Å²) in [5.41, 5.74) is 0.0201. The van der Waals surface area contributed by atoms with Gasteiger partial charge in [-0.2, -0.15) is 0 Å². The Morgan fingerprint density at radius 1 is 1.21 bits per heavy atom. The van der Waals surface area contributed by atoms with Crippen molar-refractivity contribution in [2.75, 3.05) is 13.1 Å². The van der Waals surface area contributed by atoms with E-state index in [0.717, 1.165) is 44.4 Å². The maximum Gasteiger partial charge on any atom is 0.422 e. The van der Waals surface area contributed by atoms with E-state index in [1.165, 1.54) is 12.1 Å². The molecule has 1 fully saturated rings. The van der Waals surface area contributed by atoms with Crippen LogP contribution < -0.4 is 0 Å². The fourth-order valence-corrected chi connectivity index (χ4v) is 2.36. The number of piperidine rings is 1. The van der Waals surface area contributed by atoms with Crippen molar-refractivity contribution in [2.24, 2.45) is 0 Å². The number of nitro benzene ring substituents is 1. The van der Waals surface area contributed by atoms with E-state index in [9.17, 15) is 14.9 Å². The Kier molecular flexibility index (Phi) is 4.62. The molecule has 0 saturated carbocycles. The number of nitro groups is 1. The highest BCUT2D eigenvalue weighted by molar-refractivity contribution is 7.95. The molecule has 6 nitrogen and oxygen atoms in total. The molecule has 1 aliphatic heterocycles. The number of amides is 1. The lowest BCUT2D eigenvalue weighted by molar-refractivity contribution is -0.384. The number of benzene rings is 1. The predicted octanol–water partition coefficient (Wildman–Crippen LogP) is 3.22. The van der Waals surface area contributed by atoms with E-state index in [1.807, 2.05) is 0 Å². The number of non-ortho nitro benzene ring substituents is 1. The van der Waals surface area contributed by atoms with Gasteiger partial charge in [-0.25, -0.2) is 4.79 Å². The van der Waals surface area contributed by atoms with E-state index in [0.29, 0.717) is 4.90 Å². The SMILES string of the molecule is O=C(OSc1ccc([N+](=O)[O-])cc1)N1CCCCC1. The molecule has 0 radical (unpaired) electrons. The van der Waals surface area contributed by atoms with Crippen LogP contribution in [0.5, 0.6) is 0 Å². The van der Waals surface area contributed by atoms with Crippen molar-refractivity contribution >= 4 is 23.8 Å². The first-order valence-electron chi connectivity index (χ1n) is 6.05. The van der Waals surface area contributed by atoms with Crippen molar-refractivity contribution in [2.45, 2.75) is 24.2 Å². The van der Waals surface area contributed by atoms with Gasteiger partial charge in [0.05, 0.1) is 17.0 Å². The number of hydrogen-bond donors (Lipinski definition) is 0. The third kappa shape index (κ3) is 3.85. The predicted molar refractivity (Wildman–Crippen MR) is 70.9 cm³/mol. The summed E-state index contributed by atoms with van der Waals surface area (Å²) in [6, 6.07) is 5.90. The highest BCUT2D eigenvalue weighted by atomic mass is 32.2. The summed E-state index contributed by atoms with van der Waals surface area (Å²) in [7, 11) is 0. The quantitative estimate of drug-likeness (QED) is 0.483. The second-order valence-corrected chi connectivity index (χ2v) is 5.04. The van der Waals surface area contributed by atoms with Crippen molar-refractivity contribution in [3.05, 3.63) is 34.4 Å². The minimum absolute atomic E-state index is 0.0201. The zero-order chi connectivity index (χ0) is 13.7. The molecular formula is C12H14N2O4S. The molecule has 102 valence electrons. The Labute approximate surface area is 115 Å². The second kappa shape index (κ2) is 6.42. The number of rotatable bonds is 3. The molecule has 0 unspecified atom stereocenters. The molecule has 1 heterocycles. The molecule has 0 atom stereocenters. The number of hydrogen-bond acceptors (Lipinski definition) is 5. The molecule has 19 heavy (non-hydrogen) atoms. The van der Waals surface area contributed by atoms with Gasteiger partial charge in [-0.05, 0) is 31.4 Å². The van der Waals surface area contributed by atoms with Gasteiger partial charge in [0.25, 0.3) is 5.69 Å². The summed E-state index contributed by atoms with van der Waals surface area (Å²) < 4.78 is 5.10. The zero-order valence-corrected chi connectivity index (χ0v) is 11.1. The van der Waals surface area contributed by atoms with Gasteiger partial charge in [-0.1, -0.05) is 0 Å². The van der Waals surface area contributed by atoms with E-state index < -0.39 is 4.92 Å². The van der Waals surface area contributed by atoms with E-state index in [-0.39, 0.29) is 11.8 Å². The molecule has 0 aliphatic carbocycles.